The molecule has 0 radical (unpaired) electrons. The number of hydrogen-bond acceptors (Lipinski definition) is 11. The van der Waals surface area contributed by atoms with Gasteiger partial charge in [-0.1, -0.05) is 0 Å². The van der Waals surface area contributed by atoms with Crippen molar-refractivity contribution in [3.05, 3.63) is 0 Å². The summed E-state index contributed by atoms with van der Waals surface area (Å²) >= 11 is 10.4. The van der Waals surface area contributed by atoms with Crippen molar-refractivity contribution in [3.8, 4) is 0 Å². The first-order chi connectivity index (χ1) is 12.1. The smallest absolute Gasteiger partial charge is 0.756 e. The van der Waals surface area contributed by atoms with E-state index in [1.54, 1.807) is 13.8 Å². The molecule has 0 aromatic heterocycles. The molecule has 0 unspecified atom stereocenters. The first-order valence-electron chi connectivity index (χ1n) is 8.17. The molecule has 15 heteroatoms. The van der Waals surface area contributed by atoms with E-state index in [0.717, 1.165) is 0 Å². The minimum absolute atomic E-state index is 0. The van der Waals surface area contributed by atoms with Crippen molar-refractivity contribution in [1.82, 2.24) is 0 Å². The molecule has 0 aromatic carbocycles. The second-order valence-corrected chi connectivity index (χ2v) is 11.5. The second kappa shape index (κ2) is 18.9. The minimum Gasteiger partial charge on any atom is -0.756 e. The summed E-state index contributed by atoms with van der Waals surface area (Å²) < 4.78 is 45.8. The van der Waals surface area contributed by atoms with Gasteiger partial charge in [-0.15, -0.1) is 0 Å². The van der Waals surface area contributed by atoms with Crippen molar-refractivity contribution >= 4 is 44.9 Å². The summed E-state index contributed by atoms with van der Waals surface area (Å²) in [7, 11) is -3.94. The Bertz CT molecular complexity index is 441. The maximum Gasteiger partial charge on any atom is 1.00 e. The van der Waals surface area contributed by atoms with Gasteiger partial charge in [-0.25, -0.2) is 4.31 Å². The van der Waals surface area contributed by atoms with Crippen LogP contribution in [0.3, 0.4) is 0 Å². The van der Waals surface area contributed by atoms with Gasteiger partial charge in [-0.05, 0) is 65.2 Å². The molecule has 0 atom stereocenters. The Hall–Kier alpha value is 2.21. The van der Waals surface area contributed by atoms with Crippen molar-refractivity contribution < 1.29 is 70.5 Å². The van der Waals surface area contributed by atoms with Gasteiger partial charge in [0.15, 0.2) is 0 Å². The number of phosphoric acid groups is 1. The van der Waals surface area contributed by atoms with E-state index in [4.69, 9.17) is 46.0 Å². The third-order valence-corrected chi connectivity index (χ3v) is 9.43. The average Bonchev–Trinajstić information content (AvgIpc) is 2.47. The van der Waals surface area contributed by atoms with Crippen LogP contribution in [0.15, 0.2) is 0 Å². The molecule has 27 heavy (non-hydrogen) atoms. The molecule has 0 fully saturated rings. The molecule has 0 bridgehead atoms. The Morgan fingerprint density at radius 3 is 1.04 bits per heavy atom. The maximum atomic E-state index is 10.4. The summed E-state index contributed by atoms with van der Waals surface area (Å²) in [6, 6.07) is 0. The molecule has 0 aromatic rings. The van der Waals surface area contributed by atoms with E-state index in [1.807, 2.05) is 27.7 Å². The summed E-state index contributed by atoms with van der Waals surface area (Å²) in [6.07, 6.45) is 0. The standard InChI is InChI=1S/C8H20O5P2S2.C4H11O4P.Na/c1-5-9-14(16,10-6-2)13-15(17,11-7-3)12-8-4;1-3-7-9(5,6)8-4-2;/h5-8H2,1-4H3;3-4H2,1-2H3,(H,5,6);/q;;+1/p-1. The normalized spacial score (nSPS) is 12.1. The molecule has 0 rings (SSSR count). The molecule has 0 saturated carbocycles. The molecule has 0 N–H and O–H groups in total. The molecule has 0 aliphatic rings. The van der Waals surface area contributed by atoms with E-state index in [9.17, 15) is 9.46 Å². The zero-order valence-electron chi connectivity index (χ0n) is 17.1. The summed E-state index contributed by atoms with van der Waals surface area (Å²) in [5, 5.41) is 0. The van der Waals surface area contributed by atoms with E-state index in [0.29, 0.717) is 26.4 Å². The maximum absolute atomic E-state index is 10.4. The topological polar surface area (TPSA) is 105 Å². The van der Waals surface area contributed by atoms with E-state index in [1.165, 1.54) is 0 Å². The SMILES string of the molecule is CCOP(=O)([O-])OCC.CCOP(=S)(OCC)OP(=S)(OCC)OCC.[Na+]. The van der Waals surface area contributed by atoms with Crippen LogP contribution in [0.1, 0.15) is 41.5 Å². The van der Waals surface area contributed by atoms with Gasteiger partial charge in [0.2, 0.25) is 0 Å². The van der Waals surface area contributed by atoms with Gasteiger partial charge in [0.05, 0.1) is 39.6 Å². The predicted molar refractivity (Wildman–Crippen MR) is 107 cm³/mol. The molecule has 0 aliphatic heterocycles. The van der Waals surface area contributed by atoms with Crippen LogP contribution < -0.4 is 34.5 Å². The van der Waals surface area contributed by atoms with Crippen LogP contribution >= 0.6 is 21.3 Å². The van der Waals surface area contributed by atoms with Crippen LogP contribution in [0, 0.1) is 0 Å². The van der Waals surface area contributed by atoms with E-state index in [2.05, 4.69) is 9.05 Å². The van der Waals surface area contributed by atoms with Crippen LogP contribution in [0.25, 0.3) is 0 Å². The Morgan fingerprint density at radius 1 is 0.630 bits per heavy atom. The fourth-order valence-corrected chi connectivity index (χ4v) is 8.36. The number of hydrogen-bond donors (Lipinski definition) is 0. The van der Waals surface area contributed by atoms with Crippen LogP contribution in [0.4, 0.5) is 0 Å². The molecule has 0 amide bonds. The zero-order valence-corrected chi connectivity index (χ0v) is 23.4. The molecule has 0 heterocycles. The Labute approximate surface area is 195 Å². The van der Waals surface area contributed by atoms with Gasteiger partial charge in [0, 0.05) is 0 Å². The third kappa shape index (κ3) is 18.7. The van der Waals surface area contributed by atoms with Crippen molar-refractivity contribution in [1.29, 1.82) is 0 Å². The van der Waals surface area contributed by atoms with Crippen molar-refractivity contribution in [2.75, 3.05) is 39.6 Å². The summed E-state index contributed by atoms with van der Waals surface area (Å²) in [6.45, 7) is 6.51. The first-order valence-corrected chi connectivity index (χ1v) is 14.7. The van der Waals surface area contributed by atoms with Crippen LogP contribution in [0.2, 0.25) is 0 Å². The number of phosphoric ester groups is 1. The van der Waals surface area contributed by atoms with Gasteiger partial charge in [0.1, 0.15) is 0 Å². The molecule has 0 aliphatic carbocycles. The third-order valence-electron chi connectivity index (χ3n) is 1.92. The van der Waals surface area contributed by atoms with E-state index >= 15 is 0 Å². The second-order valence-electron chi connectivity index (χ2n) is 3.93. The van der Waals surface area contributed by atoms with Crippen LogP contribution in [0.5, 0.6) is 0 Å². The van der Waals surface area contributed by atoms with Gasteiger partial charge < -0.3 is 32.0 Å². The molecule has 0 spiro atoms. The van der Waals surface area contributed by atoms with Crippen LogP contribution in [-0.4, -0.2) is 39.6 Å². The van der Waals surface area contributed by atoms with Crippen molar-refractivity contribution in [3.63, 3.8) is 0 Å². The fraction of sp³-hybridized carbons (Fsp3) is 1.00. The first kappa shape index (κ1) is 33.8. The molecule has 160 valence electrons. The molecular weight excluding hydrogens is 468 g/mol. The molecule has 9 nitrogen and oxygen atoms in total. The van der Waals surface area contributed by atoms with Crippen LogP contribution in [-0.2, 0) is 59.6 Å². The zero-order chi connectivity index (χ0) is 20.7. The van der Waals surface area contributed by atoms with Gasteiger partial charge in [-0.3, -0.25) is 4.57 Å². The predicted octanol–water partition coefficient (Wildman–Crippen LogP) is 1.13. The fourth-order valence-electron chi connectivity index (χ4n) is 1.28. The van der Waals surface area contributed by atoms with E-state index < -0.39 is 21.3 Å². The largest absolute Gasteiger partial charge is 1.00 e. The average molecular weight is 498 g/mol. The summed E-state index contributed by atoms with van der Waals surface area (Å²) in [5.74, 6) is 0. The van der Waals surface area contributed by atoms with Gasteiger partial charge in [0.25, 0.3) is 7.82 Å². The van der Waals surface area contributed by atoms with Crippen molar-refractivity contribution in [2.45, 2.75) is 41.5 Å². The van der Waals surface area contributed by atoms with Crippen molar-refractivity contribution in [2.24, 2.45) is 0 Å². The monoisotopic (exact) mass is 498 g/mol. The van der Waals surface area contributed by atoms with Gasteiger partial charge >= 0.3 is 43.0 Å². The molecular formula is C12H30NaO9P3S2. The van der Waals surface area contributed by atoms with Gasteiger partial charge in [-0.2, -0.15) is 0 Å². The molecule has 0 saturated heterocycles. The Morgan fingerprint density at radius 2 is 0.852 bits per heavy atom. The quantitative estimate of drug-likeness (QED) is 0.254. The minimum atomic E-state index is -3.94. The summed E-state index contributed by atoms with van der Waals surface area (Å²) in [5.41, 5.74) is 0. The Kier molecular flexibility index (Phi) is 23.7. The summed E-state index contributed by atoms with van der Waals surface area (Å²) in [4.78, 5) is 10.4. The number of rotatable bonds is 14. The Balaban J connectivity index is -0.000000491. The van der Waals surface area contributed by atoms with E-state index in [-0.39, 0.29) is 42.8 Å².